The molecule has 1 aromatic rings. The van der Waals surface area contributed by atoms with E-state index in [1.165, 1.54) is 0 Å². The second-order valence-corrected chi connectivity index (χ2v) is 6.60. The van der Waals surface area contributed by atoms with Crippen LogP contribution in [0, 0.1) is 20.2 Å². The number of hydrogen-bond donors (Lipinski definition) is 4. The monoisotopic (exact) mass is 380 g/mol. The number of aromatic hydroxyl groups is 1. The number of rotatable bonds is 8. The predicted molar refractivity (Wildman–Crippen MR) is 91.4 cm³/mol. The minimum Gasteiger partial charge on any atom is -0.501 e. The number of hydrogen-bond acceptors (Lipinski definition) is 10. The van der Waals surface area contributed by atoms with Crippen LogP contribution in [0.4, 0.5) is 11.4 Å². The van der Waals surface area contributed by atoms with Crippen LogP contribution in [0.3, 0.4) is 0 Å². The van der Waals surface area contributed by atoms with Gasteiger partial charge in [-0.1, -0.05) is 21.6 Å². The second kappa shape index (κ2) is 11.4. The third-order valence-electron chi connectivity index (χ3n) is 2.20. The zero-order chi connectivity index (χ0) is 18.7. The van der Waals surface area contributed by atoms with Crippen LogP contribution in [-0.4, -0.2) is 50.6 Å². The fraction of sp³-hybridized carbons (Fsp3) is 0.364. The number of nitro benzene ring substituents is 2. The number of benzene rings is 1. The summed E-state index contributed by atoms with van der Waals surface area (Å²) in [6, 6.07) is 1.03. The Morgan fingerprint density at radius 3 is 1.92 bits per heavy atom. The van der Waals surface area contributed by atoms with Gasteiger partial charge in [-0.05, 0) is 0 Å². The van der Waals surface area contributed by atoms with E-state index in [9.17, 15) is 30.1 Å². The van der Waals surface area contributed by atoms with Crippen LogP contribution in [0.25, 0.3) is 0 Å². The van der Waals surface area contributed by atoms with Crippen LogP contribution in [0.5, 0.6) is 5.75 Å². The SMILES string of the molecule is NCCSSCCN.O=C(O)c1cc([N+](=O)[O-])cc([N+](=O)[O-])c1O. The largest absolute Gasteiger partial charge is 0.501 e. The molecular formula is C11H16N4O7S2. The summed E-state index contributed by atoms with van der Waals surface area (Å²) in [6.07, 6.45) is 0. The lowest BCUT2D eigenvalue weighted by Crippen LogP contribution is -2.02. The molecule has 6 N–H and O–H groups in total. The van der Waals surface area contributed by atoms with Crippen molar-refractivity contribution in [3.05, 3.63) is 37.9 Å². The van der Waals surface area contributed by atoms with Gasteiger partial charge in [0.05, 0.1) is 15.9 Å². The molecule has 0 saturated heterocycles. The molecule has 13 heteroatoms. The van der Waals surface area contributed by atoms with E-state index < -0.39 is 38.5 Å². The Kier molecular flexibility index (Phi) is 10.4. The molecule has 0 saturated carbocycles. The molecular weight excluding hydrogens is 364 g/mol. The average Bonchev–Trinajstić information content (AvgIpc) is 2.51. The van der Waals surface area contributed by atoms with Crippen molar-refractivity contribution in [2.75, 3.05) is 24.6 Å². The number of phenols is 1. The van der Waals surface area contributed by atoms with Crippen LogP contribution in [0.1, 0.15) is 10.4 Å². The lowest BCUT2D eigenvalue weighted by molar-refractivity contribution is -0.394. The quantitative estimate of drug-likeness (QED) is 0.219. The maximum absolute atomic E-state index is 10.6. The Morgan fingerprint density at radius 2 is 1.58 bits per heavy atom. The molecule has 0 unspecified atom stereocenters. The summed E-state index contributed by atoms with van der Waals surface area (Å²) < 4.78 is 0. The van der Waals surface area contributed by atoms with Crippen molar-refractivity contribution in [3.8, 4) is 5.75 Å². The fourth-order valence-electron chi connectivity index (χ4n) is 1.23. The number of carboxylic acid groups (broad SMARTS) is 1. The Hall–Kier alpha value is -2.09. The Morgan fingerprint density at radius 1 is 1.08 bits per heavy atom. The van der Waals surface area contributed by atoms with E-state index in [0.29, 0.717) is 12.1 Å². The van der Waals surface area contributed by atoms with E-state index in [1.54, 1.807) is 21.6 Å². The first-order chi connectivity index (χ1) is 11.3. The zero-order valence-electron chi connectivity index (χ0n) is 12.3. The minimum atomic E-state index is -1.69. The smallest absolute Gasteiger partial charge is 0.340 e. The van der Waals surface area contributed by atoms with E-state index in [2.05, 4.69) is 0 Å². The molecule has 134 valence electrons. The van der Waals surface area contributed by atoms with E-state index in [-0.39, 0.29) is 0 Å². The first kappa shape index (κ1) is 21.9. The number of non-ortho nitro benzene ring substituents is 1. The average molecular weight is 380 g/mol. The number of carboxylic acids is 1. The van der Waals surface area contributed by atoms with Crippen molar-refractivity contribution in [1.82, 2.24) is 0 Å². The highest BCUT2D eigenvalue weighted by Gasteiger charge is 2.26. The Labute approximate surface area is 144 Å². The summed E-state index contributed by atoms with van der Waals surface area (Å²) in [5, 5.41) is 38.5. The third-order valence-corrected chi connectivity index (χ3v) is 4.67. The molecule has 0 aliphatic heterocycles. The molecule has 0 atom stereocenters. The first-order valence-electron chi connectivity index (χ1n) is 6.29. The molecule has 0 radical (unpaired) electrons. The van der Waals surface area contributed by atoms with Gasteiger partial charge >= 0.3 is 11.7 Å². The highest BCUT2D eigenvalue weighted by atomic mass is 33.1. The summed E-state index contributed by atoms with van der Waals surface area (Å²) in [4.78, 5) is 29.2. The Balaban J connectivity index is 0.000000561. The summed E-state index contributed by atoms with van der Waals surface area (Å²) in [5.74, 6) is -0.734. The molecule has 0 aromatic heterocycles. The van der Waals surface area contributed by atoms with Crippen molar-refractivity contribution in [3.63, 3.8) is 0 Å². The predicted octanol–water partition coefficient (Wildman–Crippen LogP) is 1.19. The van der Waals surface area contributed by atoms with E-state index in [4.69, 9.17) is 16.6 Å². The van der Waals surface area contributed by atoms with Gasteiger partial charge in [-0.3, -0.25) is 20.2 Å². The van der Waals surface area contributed by atoms with Gasteiger partial charge in [0.25, 0.3) is 5.69 Å². The summed E-state index contributed by atoms with van der Waals surface area (Å²) in [7, 11) is 3.58. The molecule has 0 fully saturated rings. The van der Waals surface area contributed by atoms with Crippen LogP contribution in [0.15, 0.2) is 12.1 Å². The number of aromatic carboxylic acids is 1. The normalized spacial score (nSPS) is 9.75. The van der Waals surface area contributed by atoms with Crippen molar-refractivity contribution in [2.24, 2.45) is 11.5 Å². The van der Waals surface area contributed by atoms with E-state index >= 15 is 0 Å². The number of nitrogens with two attached hydrogens (primary N) is 2. The molecule has 0 aliphatic carbocycles. The molecule has 24 heavy (non-hydrogen) atoms. The van der Waals surface area contributed by atoms with Crippen molar-refractivity contribution < 1.29 is 24.9 Å². The third kappa shape index (κ3) is 7.45. The number of nitrogens with zero attached hydrogens (tertiary/aromatic N) is 2. The topological polar surface area (TPSA) is 196 Å². The van der Waals surface area contributed by atoms with Gasteiger partial charge in [0.2, 0.25) is 5.75 Å². The maximum Gasteiger partial charge on any atom is 0.340 e. The lowest BCUT2D eigenvalue weighted by Gasteiger charge is -2.00. The van der Waals surface area contributed by atoms with Gasteiger partial charge in [-0.2, -0.15) is 0 Å². The van der Waals surface area contributed by atoms with Gasteiger partial charge in [0, 0.05) is 30.7 Å². The van der Waals surface area contributed by atoms with Crippen LogP contribution in [-0.2, 0) is 0 Å². The minimum absolute atomic E-state index is 0.488. The summed E-state index contributed by atoms with van der Waals surface area (Å²) >= 11 is 0. The summed E-state index contributed by atoms with van der Waals surface area (Å²) in [6.45, 7) is 1.53. The highest BCUT2D eigenvalue weighted by Crippen LogP contribution is 2.34. The van der Waals surface area contributed by atoms with Crippen molar-refractivity contribution in [1.29, 1.82) is 0 Å². The van der Waals surface area contributed by atoms with Gasteiger partial charge < -0.3 is 21.7 Å². The van der Waals surface area contributed by atoms with Gasteiger partial charge in [-0.15, -0.1) is 0 Å². The first-order valence-corrected chi connectivity index (χ1v) is 8.78. The lowest BCUT2D eigenvalue weighted by atomic mass is 10.1. The van der Waals surface area contributed by atoms with Gasteiger partial charge in [0.15, 0.2) is 0 Å². The van der Waals surface area contributed by atoms with Crippen molar-refractivity contribution in [2.45, 2.75) is 0 Å². The molecule has 0 heterocycles. The van der Waals surface area contributed by atoms with Crippen LogP contribution >= 0.6 is 21.6 Å². The van der Waals surface area contributed by atoms with Gasteiger partial charge in [-0.25, -0.2) is 4.79 Å². The van der Waals surface area contributed by atoms with Gasteiger partial charge in [0.1, 0.15) is 5.56 Å². The fourth-order valence-corrected chi connectivity index (χ4v) is 2.94. The molecule has 0 spiro atoms. The van der Waals surface area contributed by atoms with Crippen molar-refractivity contribution >= 4 is 38.9 Å². The van der Waals surface area contributed by atoms with E-state index in [1.807, 2.05) is 0 Å². The zero-order valence-corrected chi connectivity index (χ0v) is 13.9. The standard InChI is InChI=1S/C7H4N2O7.C4H12N2S2/c10-6-4(7(11)12)1-3(8(13)14)2-5(6)9(15)16;5-1-3-7-8-4-2-6/h1-2,10H,(H,11,12);1-6H2. The molecule has 11 nitrogen and oxygen atoms in total. The molecule has 0 bridgehead atoms. The summed E-state index contributed by atoms with van der Waals surface area (Å²) in [5.41, 5.74) is 7.80. The molecule has 1 aromatic carbocycles. The van der Waals surface area contributed by atoms with Crippen LogP contribution < -0.4 is 11.5 Å². The molecule has 1 rings (SSSR count). The second-order valence-electron chi connectivity index (χ2n) is 3.90. The Bertz CT molecular complexity index is 559. The molecule has 0 amide bonds. The maximum atomic E-state index is 10.6. The van der Waals surface area contributed by atoms with E-state index in [0.717, 1.165) is 24.6 Å². The van der Waals surface area contributed by atoms with Crippen LogP contribution in [0.2, 0.25) is 0 Å². The number of carbonyl (C=O) groups is 1. The number of nitro groups is 2. The molecule has 0 aliphatic rings. The highest BCUT2D eigenvalue weighted by molar-refractivity contribution is 8.76.